The van der Waals surface area contributed by atoms with Gasteiger partial charge in [-0.2, -0.15) is 0 Å². The molecule has 0 radical (unpaired) electrons. The number of hydrogen-bond acceptors (Lipinski definition) is 3. The van der Waals surface area contributed by atoms with Crippen molar-refractivity contribution in [3.63, 3.8) is 0 Å². The van der Waals surface area contributed by atoms with Crippen molar-refractivity contribution in [3.8, 4) is 0 Å². The lowest BCUT2D eigenvalue weighted by Gasteiger charge is -2.37. The summed E-state index contributed by atoms with van der Waals surface area (Å²) in [5, 5.41) is 0. The van der Waals surface area contributed by atoms with Crippen LogP contribution in [0.1, 0.15) is 46.0 Å². The number of nitrogens with two attached hydrogens (primary N) is 1. The van der Waals surface area contributed by atoms with Crippen molar-refractivity contribution in [1.29, 1.82) is 0 Å². The number of nitrogens with one attached hydrogen (secondary N) is 1. The normalized spacial score (nSPS) is 27.8. The summed E-state index contributed by atoms with van der Waals surface area (Å²) in [5.41, 5.74) is 2.26. The predicted octanol–water partition coefficient (Wildman–Crippen LogP) is 1.27. The molecular weight excluding hydrogens is 202 g/mol. The molecule has 0 spiro atoms. The van der Waals surface area contributed by atoms with E-state index in [1.807, 2.05) is 14.0 Å². The SMILES string of the molecule is CCC(C(=O)NN)N(C)C1CCC(C)CC1. The molecule has 1 saturated carbocycles. The summed E-state index contributed by atoms with van der Waals surface area (Å²) in [6.07, 6.45) is 5.76. The van der Waals surface area contributed by atoms with Crippen LogP contribution in [0.15, 0.2) is 0 Å². The van der Waals surface area contributed by atoms with Crippen LogP contribution in [0.25, 0.3) is 0 Å². The fraction of sp³-hybridized carbons (Fsp3) is 0.917. The van der Waals surface area contributed by atoms with Gasteiger partial charge in [0.25, 0.3) is 5.91 Å². The quantitative estimate of drug-likeness (QED) is 0.432. The number of rotatable bonds is 4. The molecule has 16 heavy (non-hydrogen) atoms. The third-order valence-corrected chi connectivity index (χ3v) is 3.88. The first kappa shape index (κ1) is 13.5. The van der Waals surface area contributed by atoms with E-state index in [1.165, 1.54) is 25.7 Å². The highest BCUT2D eigenvalue weighted by molar-refractivity contribution is 5.81. The van der Waals surface area contributed by atoms with Crippen molar-refractivity contribution >= 4 is 5.91 Å². The van der Waals surface area contributed by atoms with E-state index >= 15 is 0 Å². The summed E-state index contributed by atoms with van der Waals surface area (Å²) in [6.45, 7) is 4.34. The Kier molecular flexibility index (Phi) is 5.22. The first-order valence-corrected chi connectivity index (χ1v) is 6.32. The molecular formula is C12H25N3O. The number of hydrogen-bond donors (Lipinski definition) is 2. The molecule has 3 N–H and O–H groups in total. The van der Waals surface area contributed by atoms with Crippen molar-refractivity contribution in [3.05, 3.63) is 0 Å². The van der Waals surface area contributed by atoms with Gasteiger partial charge in [0.2, 0.25) is 0 Å². The Hall–Kier alpha value is -0.610. The van der Waals surface area contributed by atoms with Gasteiger partial charge in [-0.1, -0.05) is 13.8 Å². The van der Waals surface area contributed by atoms with E-state index in [1.54, 1.807) is 0 Å². The van der Waals surface area contributed by atoms with Crippen LogP contribution in [-0.4, -0.2) is 29.9 Å². The van der Waals surface area contributed by atoms with Gasteiger partial charge in [-0.05, 0) is 45.1 Å². The maximum absolute atomic E-state index is 11.6. The van der Waals surface area contributed by atoms with Crippen LogP contribution in [0.2, 0.25) is 0 Å². The minimum Gasteiger partial charge on any atom is -0.293 e. The monoisotopic (exact) mass is 227 g/mol. The molecule has 1 unspecified atom stereocenters. The van der Waals surface area contributed by atoms with Gasteiger partial charge in [0.05, 0.1) is 6.04 Å². The second kappa shape index (κ2) is 6.21. The molecule has 0 aromatic heterocycles. The van der Waals surface area contributed by atoms with Crippen LogP contribution in [0.5, 0.6) is 0 Å². The average Bonchev–Trinajstić information content (AvgIpc) is 2.30. The Morgan fingerprint density at radius 2 is 2.00 bits per heavy atom. The summed E-state index contributed by atoms with van der Waals surface area (Å²) in [7, 11) is 2.05. The van der Waals surface area contributed by atoms with Gasteiger partial charge in [0, 0.05) is 6.04 Å². The highest BCUT2D eigenvalue weighted by atomic mass is 16.2. The van der Waals surface area contributed by atoms with Gasteiger partial charge in [0.15, 0.2) is 0 Å². The molecule has 1 rings (SSSR count). The number of hydrazine groups is 1. The van der Waals surface area contributed by atoms with Crippen molar-refractivity contribution < 1.29 is 4.79 Å². The molecule has 0 heterocycles. The number of carbonyl (C=O) groups excluding carboxylic acids is 1. The molecule has 4 heteroatoms. The lowest BCUT2D eigenvalue weighted by atomic mass is 9.86. The Morgan fingerprint density at radius 3 is 2.44 bits per heavy atom. The van der Waals surface area contributed by atoms with E-state index in [0.717, 1.165) is 12.3 Å². The van der Waals surface area contributed by atoms with Crippen molar-refractivity contribution in [2.24, 2.45) is 11.8 Å². The van der Waals surface area contributed by atoms with Crippen LogP contribution in [0.3, 0.4) is 0 Å². The van der Waals surface area contributed by atoms with E-state index in [0.29, 0.717) is 6.04 Å². The maximum atomic E-state index is 11.6. The minimum atomic E-state index is -0.0802. The molecule has 1 aliphatic carbocycles. The van der Waals surface area contributed by atoms with Crippen LogP contribution in [0, 0.1) is 5.92 Å². The van der Waals surface area contributed by atoms with E-state index < -0.39 is 0 Å². The maximum Gasteiger partial charge on any atom is 0.251 e. The Morgan fingerprint density at radius 1 is 1.44 bits per heavy atom. The molecule has 94 valence electrons. The number of nitrogens with zero attached hydrogens (tertiary/aromatic N) is 1. The van der Waals surface area contributed by atoms with E-state index in [4.69, 9.17) is 5.84 Å². The zero-order chi connectivity index (χ0) is 12.1. The first-order valence-electron chi connectivity index (χ1n) is 6.32. The Bertz CT molecular complexity index is 224. The minimum absolute atomic E-state index is 0.0661. The van der Waals surface area contributed by atoms with Gasteiger partial charge in [-0.25, -0.2) is 5.84 Å². The fourth-order valence-corrected chi connectivity index (χ4v) is 2.66. The molecule has 1 atom stereocenters. The molecule has 0 bridgehead atoms. The van der Waals surface area contributed by atoms with Crippen molar-refractivity contribution in [1.82, 2.24) is 10.3 Å². The lowest BCUT2D eigenvalue weighted by Crippen LogP contribution is -2.51. The predicted molar refractivity (Wildman–Crippen MR) is 65.6 cm³/mol. The topological polar surface area (TPSA) is 58.4 Å². The standard InChI is InChI=1S/C12H25N3O/c1-4-11(12(16)14-13)15(3)10-7-5-9(2)6-8-10/h9-11H,4-8,13H2,1-3H3,(H,14,16). The van der Waals surface area contributed by atoms with E-state index in [2.05, 4.69) is 17.2 Å². The van der Waals surface area contributed by atoms with Gasteiger partial charge in [-0.15, -0.1) is 0 Å². The Labute approximate surface area is 98.5 Å². The number of likely N-dealkylation sites (N-methyl/N-ethyl adjacent to an activating group) is 1. The molecule has 0 aromatic rings. The highest BCUT2D eigenvalue weighted by Crippen LogP contribution is 2.27. The number of carbonyl (C=O) groups is 1. The second-order valence-corrected chi connectivity index (χ2v) is 5.01. The molecule has 1 fully saturated rings. The molecule has 0 saturated heterocycles. The van der Waals surface area contributed by atoms with Crippen LogP contribution >= 0.6 is 0 Å². The van der Waals surface area contributed by atoms with Crippen LogP contribution in [0.4, 0.5) is 0 Å². The van der Waals surface area contributed by atoms with Gasteiger partial charge < -0.3 is 0 Å². The summed E-state index contributed by atoms with van der Waals surface area (Å²) >= 11 is 0. The Balaban J connectivity index is 2.54. The third kappa shape index (κ3) is 3.19. The summed E-state index contributed by atoms with van der Waals surface area (Å²) in [4.78, 5) is 13.8. The average molecular weight is 227 g/mol. The molecule has 0 aliphatic heterocycles. The molecule has 1 amide bonds. The summed E-state index contributed by atoms with van der Waals surface area (Å²) < 4.78 is 0. The van der Waals surface area contributed by atoms with Gasteiger partial charge in [0.1, 0.15) is 0 Å². The molecule has 4 nitrogen and oxygen atoms in total. The second-order valence-electron chi connectivity index (χ2n) is 5.01. The third-order valence-electron chi connectivity index (χ3n) is 3.88. The fourth-order valence-electron chi connectivity index (χ4n) is 2.66. The summed E-state index contributed by atoms with van der Waals surface area (Å²) in [6, 6.07) is 0.460. The van der Waals surface area contributed by atoms with Gasteiger partial charge >= 0.3 is 0 Å². The zero-order valence-electron chi connectivity index (χ0n) is 10.7. The first-order chi connectivity index (χ1) is 7.60. The molecule has 1 aliphatic rings. The largest absolute Gasteiger partial charge is 0.293 e. The highest BCUT2D eigenvalue weighted by Gasteiger charge is 2.29. The van der Waals surface area contributed by atoms with Crippen LogP contribution in [-0.2, 0) is 4.79 Å². The van der Waals surface area contributed by atoms with E-state index in [9.17, 15) is 4.79 Å². The van der Waals surface area contributed by atoms with Crippen LogP contribution < -0.4 is 11.3 Å². The summed E-state index contributed by atoms with van der Waals surface area (Å²) in [5.74, 6) is 5.99. The zero-order valence-corrected chi connectivity index (χ0v) is 10.7. The molecule has 0 aromatic carbocycles. The lowest BCUT2D eigenvalue weighted by molar-refractivity contribution is -0.127. The van der Waals surface area contributed by atoms with Gasteiger partial charge in [-0.3, -0.25) is 15.1 Å². The van der Waals surface area contributed by atoms with E-state index in [-0.39, 0.29) is 11.9 Å². The smallest absolute Gasteiger partial charge is 0.251 e. The number of amides is 1. The van der Waals surface area contributed by atoms with Crippen molar-refractivity contribution in [2.45, 2.75) is 58.0 Å². The van der Waals surface area contributed by atoms with Crippen molar-refractivity contribution in [2.75, 3.05) is 7.05 Å².